The van der Waals surface area contributed by atoms with E-state index in [-0.39, 0.29) is 17.7 Å². The second-order valence-electron chi connectivity index (χ2n) is 6.69. The van der Waals surface area contributed by atoms with Crippen molar-refractivity contribution in [3.05, 3.63) is 54.1 Å². The van der Waals surface area contributed by atoms with Gasteiger partial charge in [-0.05, 0) is 55.7 Å². The molecule has 1 heterocycles. The Morgan fingerprint density at radius 2 is 1.82 bits per heavy atom. The van der Waals surface area contributed by atoms with Crippen LogP contribution in [0.2, 0.25) is 0 Å². The summed E-state index contributed by atoms with van der Waals surface area (Å²) in [5.41, 5.74) is 2.00. The van der Waals surface area contributed by atoms with Crippen LogP contribution in [-0.2, 0) is 16.0 Å². The highest BCUT2D eigenvalue weighted by Crippen LogP contribution is 2.27. The number of anilines is 1. The molecule has 2 N–H and O–H groups in total. The Balaban J connectivity index is 1.34. The molecule has 1 aliphatic heterocycles. The van der Waals surface area contributed by atoms with Gasteiger partial charge in [0.1, 0.15) is 18.1 Å². The van der Waals surface area contributed by atoms with Crippen molar-refractivity contribution in [2.75, 3.05) is 25.1 Å². The molecule has 0 radical (unpaired) electrons. The van der Waals surface area contributed by atoms with Crippen LogP contribution in [0, 0.1) is 5.92 Å². The Kier molecular flexibility index (Phi) is 6.89. The zero-order valence-corrected chi connectivity index (χ0v) is 16.1. The zero-order valence-electron chi connectivity index (χ0n) is 16.1. The molecule has 0 spiro atoms. The third kappa shape index (κ3) is 5.49. The quantitative estimate of drug-likeness (QED) is 0.653. The van der Waals surface area contributed by atoms with Crippen LogP contribution in [0.25, 0.3) is 0 Å². The smallest absolute Gasteiger partial charge is 0.227 e. The molecule has 6 heteroatoms. The molecule has 28 heavy (non-hydrogen) atoms. The number of rotatable bonds is 9. The SMILES string of the molecule is CCOc1ccc(OCCNC(=O)CCC2Cc3ccccc3NC2=O)cc1. The molecule has 0 fully saturated rings. The van der Waals surface area contributed by atoms with Gasteiger partial charge in [0.2, 0.25) is 11.8 Å². The zero-order chi connectivity index (χ0) is 19.8. The number of ether oxygens (including phenoxy) is 2. The van der Waals surface area contributed by atoms with Gasteiger partial charge in [-0.3, -0.25) is 9.59 Å². The van der Waals surface area contributed by atoms with Crippen LogP contribution in [0.1, 0.15) is 25.3 Å². The molecule has 1 unspecified atom stereocenters. The van der Waals surface area contributed by atoms with E-state index >= 15 is 0 Å². The van der Waals surface area contributed by atoms with Gasteiger partial charge in [0.05, 0.1) is 13.2 Å². The van der Waals surface area contributed by atoms with Gasteiger partial charge in [-0.25, -0.2) is 0 Å². The lowest BCUT2D eigenvalue weighted by molar-refractivity contribution is -0.122. The fourth-order valence-electron chi connectivity index (χ4n) is 3.20. The number of nitrogens with one attached hydrogen (secondary N) is 2. The van der Waals surface area contributed by atoms with E-state index in [0.717, 1.165) is 22.7 Å². The summed E-state index contributed by atoms with van der Waals surface area (Å²) in [6, 6.07) is 15.2. The lowest BCUT2D eigenvalue weighted by Gasteiger charge is -2.24. The van der Waals surface area contributed by atoms with Crippen LogP contribution in [0.15, 0.2) is 48.5 Å². The van der Waals surface area contributed by atoms with Crippen molar-refractivity contribution in [2.45, 2.75) is 26.2 Å². The highest BCUT2D eigenvalue weighted by atomic mass is 16.5. The second kappa shape index (κ2) is 9.78. The molecule has 0 saturated carbocycles. The van der Waals surface area contributed by atoms with Crippen molar-refractivity contribution in [3.8, 4) is 11.5 Å². The normalized spacial score (nSPS) is 15.3. The fourth-order valence-corrected chi connectivity index (χ4v) is 3.20. The summed E-state index contributed by atoms with van der Waals surface area (Å²) in [7, 11) is 0. The number of hydrogen-bond donors (Lipinski definition) is 2. The average molecular weight is 382 g/mol. The van der Waals surface area contributed by atoms with Gasteiger partial charge >= 0.3 is 0 Å². The average Bonchev–Trinajstić information content (AvgIpc) is 2.71. The Labute approximate surface area is 165 Å². The number of amides is 2. The Morgan fingerprint density at radius 3 is 2.57 bits per heavy atom. The summed E-state index contributed by atoms with van der Waals surface area (Å²) in [6.07, 6.45) is 1.53. The van der Waals surface area contributed by atoms with Crippen molar-refractivity contribution in [1.82, 2.24) is 5.32 Å². The van der Waals surface area contributed by atoms with Gasteiger partial charge in [-0.15, -0.1) is 0 Å². The first-order chi connectivity index (χ1) is 13.7. The molecule has 2 aromatic rings. The summed E-state index contributed by atoms with van der Waals surface area (Å²) in [5, 5.41) is 5.75. The van der Waals surface area contributed by atoms with Gasteiger partial charge in [0.25, 0.3) is 0 Å². The molecule has 3 rings (SSSR count). The minimum absolute atomic E-state index is 0.00895. The summed E-state index contributed by atoms with van der Waals surface area (Å²) in [5.74, 6) is 1.29. The van der Waals surface area contributed by atoms with E-state index < -0.39 is 0 Å². The van der Waals surface area contributed by atoms with E-state index in [9.17, 15) is 9.59 Å². The Bertz CT molecular complexity index is 804. The standard InChI is InChI=1S/C22H26N2O4/c1-2-27-18-8-10-19(11-9-18)28-14-13-23-21(25)12-7-17-15-16-5-3-4-6-20(16)24-22(17)26/h3-6,8-11,17H,2,7,12-15H2,1H3,(H,23,25)(H,24,26). The van der Waals surface area contributed by atoms with Gasteiger partial charge < -0.3 is 20.1 Å². The maximum atomic E-state index is 12.2. The van der Waals surface area contributed by atoms with Crippen LogP contribution >= 0.6 is 0 Å². The van der Waals surface area contributed by atoms with Gasteiger partial charge in [-0.2, -0.15) is 0 Å². The molecule has 2 aromatic carbocycles. The lowest BCUT2D eigenvalue weighted by Crippen LogP contribution is -2.32. The molecule has 2 amide bonds. The number of fused-ring (bicyclic) bond motifs is 1. The molecule has 0 aliphatic carbocycles. The van der Waals surface area contributed by atoms with Gasteiger partial charge in [-0.1, -0.05) is 18.2 Å². The minimum Gasteiger partial charge on any atom is -0.494 e. The van der Waals surface area contributed by atoms with Crippen molar-refractivity contribution in [1.29, 1.82) is 0 Å². The highest BCUT2D eigenvalue weighted by molar-refractivity contribution is 5.96. The van der Waals surface area contributed by atoms with E-state index in [0.29, 0.717) is 39.0 Å². The molecule has 1 aliphatic rings. The number of benzene rings is 2. The van der Waals surface area contributed by atoms with E-state index in [1.807, 2.05) is 55.5 Å². The molecular formula is C22H26N2O4. The van der Waals surface area contributed by atoms with Crippen LogP contribution in [0.5, 0.6) is 11.5 Å². The van der Waals surface area contributed by atoms with Crippen molar-refractivity contribution < 1.29 is 19.1 Å². The largest absolute Gasteiger partial charge is 0.494 e. The monoisotopic (exact) mass is 382 g/mol. The maximum absolute atomic E-state index is 12.2. The lowest BCUT2D eigenvalue weighted by atomic mass is 9.89. The Morgan fingerprint density at radius 1 is 1.11 bits per heavy atom. The first-order valence-electron chi connectivity index (χ1n) is 9.67. The highest BCUT2D eigenvalue weighted by Gasteiger charge is 2.26. The number of para-hydroxylation sites is 1. The predicted molar refractivity (Wildman–Crippen MR) is 108 cm³/mol. The van der Waals surface area contributed by atoms with Crippen molar-refractivity contribution in [3.63, 3.8) is 0 Å². The molecule has 0 bridgehead atoms. The van der Waals surface area contributed by atoms with Crippen molar-refractivity contribution >= 4 is 17.5 Å². The molecule has 0 saturated heterocycles. The number of carbonyl (C=O) groups excluding carboxylic acids is 2. The van der Waals surface area contributed by atoms with Gasteiger partial charge in [0.15, 0.2) is 0 Å². The first kappa shape index (κ1) is 19.7. The van der Waals surface area contributed by atoms with E-state index in [4.69, 9.17) is 9.47 Å². The third-order valence-electron chi connectivity index (χ3n) is 4.66. The molecule has 6 nitrogen and oxygen atoms in total. The molecule has 148 valence electrons. The van der Waals surface area contributed by atoms with E-state index in [1.165, 1.54) is 0 Å². The Hall–Kier alpha value is -3.02. The van der Waals surface area contributed by atoms with Crippen LogP contribution in [0.4, 0.5) is 5.69 Å². The summed E-state index contributed by atoms with van der Waals surface area (Å²) in [4.78, 5) is 24.2. The van der Waals surface area contributed by atoms with Crippen molar-refractivity contribution in [2.24, 2.45) is 5.92 Å². The topological polar surface area (TPSA) is 76.7 Å². The van der Waals surface area contributed by atoms with Gasteiger partial charge in [0, 0.05) is 18.0 Å². The first-order valence-corrected chi connectivity index (χ1v) is 9.67. The second-order valence-corrected chi connectivity index (χ2v) is 6.69. The van der Waals surface area contributed by atoms with E-state index in [2.05, 4.69) is 10.6 Å². The van der Waals surface area contributed by atoms with E-state index in [1.54, 1.807) is 0 Å². The number of hydrogen-bond acceptors (Lipinski definition) is 4. The molecular weight excluding hydrogens is 356 g/mol. The molecule has 1 atom stereocenters. The van der Waals surface area contributed by atoms with Crippen LogP contribution in [-0.4, -0.2) is 31.6 Å². The predicted octanol–water partition coefficient (Wildman–Crippen LogP) is 3.17. The van der Waals surface area contributed by atoms with Crippen LogP contribution < -0.4 is 20.1 Å². The minimum atomic E-state index is -0.166. The summed E-state index contributed by atoms with van der Waals surface area (Å²) in [6.45, 7) is 3.37. The third-order valence-corrected chi connectivity index (χ3v) is 4.66. The fraction of sp³-hybridized carbons (Fsp3) is 0.364. The number of carbonyl (C=O) groups is 2. The summed E-state index contributed by atoms with van der Waals surface area (Å²) < 4.78 is 11.0. The van der Waals surface area contributed by atoms with Crippen LogP contribution in [0.3, 0.4) is 0 Å². The maximum Gasteiger partial charge on any atom is 0.227 e. The molecule has 0 aromatic heterocycles. The summed E-state index contributed by atoms with van der Waals surface area (Å²) >= 11 is 0.